The summed E-state index contributed by atoms with van der Waals surface area (Å²) in [6, 6.07) is 9.80. The van der Waals surface area contributed by atoms with Gasteiger partial charge in [0, 0.05) is 12.6 Å². The normalized spacial score (nSPS) is 20.7. The number of piperidine rings is 1. The van der Waals surface area contributed by atoms with Gasteiger partial charge in [0.25, 0.3) is 0 Å². The summed E-state index contributed by atoms with van der Waals surface area (Å²) >= 11 is 0. The third kappa shape index (κ3) is 4.82. The molecule has 0 aromatic heterocycles. The van der Waals surface area contributed by atoms with Gasteiger partial charge in [-0.2, -0.15) is 0 Å². The highest BCUT2D eigenvalue weighted by atomic mass is 15.1. The number of rotatable bonds is 7. The van der Waals surface area contributed by atoms with Crippen LogP contribution < -0.4 is 5.32 Å². The topological polar surface area (TPSA) is 15.3 Å². The van der Waals surface area contributed by atoms with Crippen molar-refractivity contribution in [3.05, 3.63) is 35.4 Å². The van der Waals surface area contributed by atoms with Crippen LogP contribution in [-0.4, -0.2) is 31.1 Å². The highest BCUT2D eigenvalue weighted by Crippen LogP contribution is 2.23. The summed E-state index contributed by atoms with van der Waals surface area (Å²) < 4.78 is 0. The summed E-state index contributed by atoms with van der Waals surface area (Å²) in [5.74, 6) is 0.820. The van der Waals surface area contributed by atoms with Crippen LogP contribution in [-0.2, 0) is 6.42 Å². The molecule has 2 unspecified atom stereocenters. The zero-order valence-corrected chi connectivity index (χ0v) is 14.1. The Balaban J connectivity index is 1.95. The Morgan fingerprint density at radius 1 is 1.24 bits per heavy atom. The number of hydrogen-bond donors (Lipinski definition) is 1. The van der Waals surface area contributed by atoms with E-state index in [-0.39, 0.29) is 0 Å². The first-order valence-corrected chi connectivity index (χ1v) is 8.78. The summed E-state index contributed by atoms with van der Waals surface area (Å²) in [5, 5.41) is 3.54. The maximum absolute atomic E-state index is 3.54. The van der Waals surface area contributed by atoms with Gasteiger partial charge in [-0.1, -0.05) is 44.5 Å². The Bertz CT molecular complexity index is 393. The first-order chi connectivity index (χ1) is 10.2. The average Bonchev–Trinajstić information content (AvgIpc) is 2.54. The summed E-state index contributed by atoms with van der Waals surface area (Å²) in [6.45, 7) is 11.6. The minimum absolute atomic E-state index is 0.521. The molecule has 1 aromatic carbocycles. The van der Waals surface area contributed by atoms with Crippen LogP contribution in [0.4, 0.5) is 0 Å². The predicted molar refractivity (Wildman–Crippen MR) is 91.7 cm³/mol. The first kappa shape index (κ1) is 16.5. The molecule has 0 radical (unpaired) electrons. The number of nitrogens with zero attached hydrogens (tertiary/aromatic N) is 1. The van der Waals surface area contributed by atoms with Crippen molar-refractivity contribution in [1.82, 2.24) is 10.2 Å². The second-order valence-electron chi connectivity index (χ2n) is 6.47. The van der Waals surface area contributed by atoms with E-state index in [2.05, 4.69) is 55.3 Å². The summed E-state index contributed by atoms with van der Waals surface area (Å²) in [5.41, 5.74) is 2.92. The molecule has 0 saturated carbocycles. The quantitative estimate of drug-likeness (QED) is 0.815. The molecule has 1 aliphatic rings. The van der Waals surface area contributed by atoms with Crippen LogP contribution in [0.1, 0.15) is 57.2 Å². The van der Waals surface area contributed by atoms with Gasteiger partial charge in [0.1, 0.15) is 0 Å². The Hall–Kier alpha value is -0.860. The van der Waals surface area contributed by atoms with Crippen molar-refractivity contribution in [3.8, 4) is 0 Å². The SMILES string of the molecule is CCCc1ccc(C(C)N(CC)CC2CCCNC2)cc1. The lowest BCUT2D eigenvalue weighted by atomic mass is 9.97. The minimum atomic E-state index is 0.521. The third-order valence-electron chi connectivity index (χ3n) is 4.85. The summed E-state index contributed by atoms with van der Waals surface area (Å²) in [4.78, 5) is 2.63. The van der Waals surface area contributed by atoms with E-state index in [4.69, 9.17) is 0 Å². The van der Waals surface area contributed by atoms with Gasteiger partial charge in [-0.15, -0.1) is 0 Å². The van der Waals surface area contributed by atoms with Gasteiger partial charge in [-0.3, -0.25) is 4.90 Å². The average molecular weight is 288 g/mol. The van der Waals surface area contributed by atoms with Crippen molar-refractivity contribution < 1.29 is 0 Å². The molecular weight excluding hydrogens is 256 g/mol. The molecule has 21 heavy (non-hydrogen) atoms. The van der Waals surface area contributed by atoms with E-state index in [1.807, 2.05) is 0 Å². The van der Waals surface area contributed by atoms with E-state index in [1.54, 1.807) is 0 Å². The fourth-order valence-electron chi connectivity index (χ4n) is 3.43. The van der Waals surface area contributed by atoms with E-state index in [0.717, 1.165) is 12.5 Å². The standard InChI is InChI=1S/C19H32N2/c1-4-7-17-9-11-19(12-10-17)16(3)21(5-2)15-18-8-6-13-20-14-18/h9-12,16,18,20H,4-8,13-15H2,1-3H3. The van der Waals surface area contributed by atoms with Crippen LogP contribution in [0.3, 0.4) is 0 Å². The largest absolute Gasteiger partial charge is 0.316 e. The second kappa shape index (κ2) is 8.55. The minimum Gasteiger partial charge on any atom is -0.316 e. The molecule has 1 heterocycles. The molecule has 0 amide bonds. The smallest absolute Gasteiger partial charge is 0.0319 e. The van der Waals surface area contributed by atoms with Crippen LogP contribution >= 0.6 is 0 Å². The molecule has 0 spiro atoms. The van der Waals surface area contributed by atoms with Crippen LogP contribution in [0, 0.1) is 5.92 Å². The van der Waals surface area contributed by atoms with E-state index >= 15 is 0 Å². The maximum atomic E-state index is 3.54. The van der Waals surface area contributed by atoms with Crippen molar-refractivity contribution in [2.75, 3.05) is 26.2 Å². The molecule has 2 nitrogen and oxygen atoms in total. The molecule has 1 aromatic rings. The summed E-state index contributed by atoms with van der Waals surface area (Å²) in [6.07, 6.45) is 5.14. The lowest BCUT2D eigenvalue weighted by Gasteiger charge is -2.33. The van der Waals surface area contributed by atoms with E-state index in [1.165, 1.54) is 56.4 Å². The highest BCUT2D eigenvalue weighted by molar-refractivity contribution is 5.25. The van der Waals surface area contributed by atoms with Crippen molar-refractivity contribution >= 4 is 0 Å². The van der Waals surface area contributed by atoms with Gasteiger partial charge >= 0.3 is 0 Å². The van der Waals surface area contributed by atoms with E-state index in [0.29, 0.717) is 6.04 Å². The van der Waals surface area contributed by atoms with E-state index < -0.39 is 0 Å². The summed E-state index contributed by atoms with van der Waals surface area (Å²) in [7, 11) is 0. The molecule has 2 heteroatoms. The fraction of sp³-hybridized carbons (Fsp3) is 0.684. The van der Waals surface area contributed by atoms with Gasteiger partial charge in [-0.25, -0.2) is 0 Å². The number of aryl methyl sites for hydroxylation is 1. The lowest BCUT2D eigenvalue weighted by molar-refractivity contribution is 0.171. The molecule has 1 saturated heterocycles. The Morgan fingerprint density at radius 3 is 2.57 bits per heavy atom. The fourth-order valence-corrected chi connectivity index (χ4v) is 3.43. The second-order valence-corrected chi connectivity index (χ2v) is 6.47. The third-order valence-corrected chi connectivity index (χ3v) is 4.85. The van der Waals surface area contributed by atoms with Gasteiger partial charge in [0.05, 0.1) is 0 Å². The van der Waals surface area contributed by atoms with Gasteiger partial charge in [0.2, 0.25) is 0 Å². The highest BCUT2D eigenvalue weighted by Gasteiger charge is 2.20. The predicted octanol–water partition coefficient (Wildman–Crippen LogP) is 4.02. The number of nitrogens with one attached hydrogen (secondary N) is 1. The Labute approximate surface area is 130 Å². The molecule has 1 fully saturated rings. The molecule has 1 aliphatic heterocycles. The molecular formula is C19H32N2. The molecule has 2 rings (SSSR count). The first-order valence-electron chi connectivity index (χ1n) is 8.78. The molecule has 2 atom stereocenters. The van der Waals surface area contributed by atoms with Gasteiger partial charge in [0.15, 0.2) is 0 Å². The van der Waals surface area contributed by atoms with E-state index in [9.17, 15) is 0 Å². The van der Waals surface area contributed by atoms with Gasteiger partial charge < -0.3 is 5.32 Å². The maximum Gasteiger partial charge on any atom is 0.0319 e. The molecule has 1 N–H and O–H groups in total. The van der Waals surface area contributed by atoms with Crippen molar-refractivity contribution in [3.63, 3.8) is 0 Å². The van der Waals surface area contributed by atoms with Gasteiger partial charge in [-0.05, 0) is 62.9 Å². The van der Waals surface area contributed by atoms with Crippen LogP contribution in [0.15, 0.2) is 24.3 Å². The van der Waals surface area contributed by atoms with Crippen molar-refractivity contribution in [1.29, 1.82) is 0 Å². The van der Waals surface area contributed by atoms with Crippen molar-refractivity contribution in [2.24, 2.45) is 5.92 Å². The Morgan fingerprint density at radius 2 is 2.00 bits per heavy atom. The number of benzene rings is 1. The van der Waals surface area contributed by atoms with Crippen LogP contribution in [0.25, 0.3) is 0 Å². The number of hydrogen-bond acceptors (Lipinski definition) is 2. The molecule has 0 bridgehead atoms. The Kier molecular flexibility index (Phi) is 6.72. The zero-order chi connectivity index (χ0) is 15.1. The monoisotopic (exact) mass is 288 g/mol. The molecule has 0 aliphatic carbocycles. The molecule has 118 valence electrons. The van der Waals surface area contributed by atoms with Crippen molar-refractivity contribution in [2.45, 2.75) is 52.5 Å². The zero-order valence-electron chi connectivity index (χ0n) is 14.1. The van der Waals surface area contributed by atoms with Crippen LogP contribution in [0.2, 0.25) is 0 Å². The lowest BCUT2D eigenvalue weighted by Crippen LogP contribution is -2.39. The van der Waals surface area contributed by atoms with Crippen LogP contribution in [0.5, 0.6) is 0 Å².